The van der Waals surface area contributed by atoms with Gasteiger partial charge in [-0.3, -0.25) is 0 Å². The minimum atomic E-state index is 1.16. The van der Waals surface area contributed by atoms with E-state index in [0.717, 1.165) is 5.69 Å². The van der Waals surface area contributed by atoms with E-state index in [4.69, 9.17) is 0 Å². The molecule has 1 nitrogen and oxygen atoms in total. The second-order valence-corrected chi connectivity index (χ2v) is 7.95. The Labute approximate surface area is 176 Å². The number of aryl methyl sites for hydroxylation is 1. The molecule has 0 N–H and O–H groups in total. The second kappa shape index (κ2) is 6.60. The third-order valence-electron chi connectivity index (χ3n) is 6.05. The lowest BCUT2D eigenvalue weighted by Gasteiger charge is -2.27. The van der Waals surface area contributed by atoms with Gasteiger partial charge in [0.05, 0.1) is 5.69 Å². The molecule has 0 aliphatic heterocycles. The van der Waals surface area contributed by atoms with Crippen LogP contribution in [0.1, 0.15) is 5.56 Å². The van der Waals surface area contributed by atoms with Crippen LogP contribution in [0.3, 0.4) is 0 Å². The Kier molecular flexibility index (Phi) is 3.75. The maximum atomic E-state index is 2.37. The summed E-state index contributed by atoms with van der Waals surface area (Å²) in [6.45, 7) is 2.13. The van der Waals surface area contributed by atoms with Crippen molar-refractivity contribution < 1.29 is 0 Å². The van der Waals surface area contributed by atoms with Crippen molar-refractivity contribution in [3.63, 3.8) is 0 Å². The summed E-state index contributed by atoms with van der Waals surface area (Å²) >= 11 is 0. The Bertz CT molecular complexity index is 1460. The third-order valence-corrected chi connectivity index (χ3v) is 6.05. The lowest BCUT2D eigenvalue weighted by Crippen LogP contribution is -2.10. The number of para-hydroxylation sites is 1. The highest BCUT2D eigenvalue weighted by Crippen LogP contribution is 2.43. The number of hydrogen-bond acceptors (Lipinski definition) is 1. The van der Waals surface area contributed by atoms with Crippen molar-refractivity contribution in [3.8, 4) is 0 Å². The molecule has 0 aliphatic carbocycles. The first-order chi connectivity index (χ1) is 14.8. The number of benzene rings is 6. The smallest absolute Gasteiger partial charge is 0.0540 e. The molecular formula is C29H21N. The van der Waals surface area contributed by atoms with Crippen LogP contribution in [0.4, 0.5) is 17.1 Å². The van der Waals surface area contributed by atoms with Crippen LogP contribution in [0.5, 0.6) is 0 Å². The van der Waals surface area contributed by atoms with Crippen molar-refractivity contribution in [1.82, 2.24) is 0 Å². The fourth-order valence-electron chi connectivity index (χ4n) is 4.61. The van der Waals surface area contributed by atoms with Crippen molar-refractivity contribution in [2.45, 2.75) is 6.92 Å². The summed E-state index contributed by atoms with van der Waals surface area (Å²) in [6.07, 6.45) is 0. The normalized spacial score (nSPS) is 11.5. The van der Waals surface area contributed by atoms with E-state index in [0.29, 0.717) is 0 Å². The molecule has 0 spiro atoms. The van der Waals surface area contributed by atoms with Gasteiger partial charge in [0.15, 0.2) is 0 Å². The predicted molar refractivity (Wildman–Crippen MR) is 130 cm³/mol. The van der Waals surface area contributed by atoms with Crippen LogP contribution in [-0.2, 0) is 0 Å². The number of rotatable bonds is 3. The van der Waals surface area contributed by atoms with Crippen LogP contribution >= 0.6 is 0 Å². The quantitative estimate of drug-likeness (QED) is 0.277. The Morgan fingerprint density at radius 3 is 1.80 bits per heavy atom. The number of hydrogen-bond donors (Lipinski definition) is 0. The summed E-state index contributed by atoms with van der Waals surface area (Å²) in [5.74, 6) is 0. The highest BCUT2D eigenvalue weighted by molar-refractivity contribution is 6.25. The summed E-state index contributed by atoms with van der Waals surface area (Å²) in [6, 6.07) is 39.5. The zero-order valence-electron chi connectivity index (χ0n) is 16.8. The zero-order chi connectivity index (χ0) is 20.1. The van der Waals surface area contributed by atoms with Gasteiger partial charge in [-0.15, -0.1) is 0 Å². The maximum Gasteiger partial charge on any atom is 0.0540 e. The predicted octanol–water partition coefficient (Wildman–Crippen LogP) is 8.36. The molecule has 0 heterocycles. The molecule has 0 radical (unpaired) electrons. The van der Waals surface area contributed by atoms with Crippen molar-refractivity contribution in [2.75, 3.05) is 4.90 Å². The van der Waals surface area contributed by atoms with Gasteiger partial charge in [-0.1, -0.05) is 84.4 Å². The van der Waals surface area contributed by atoms with E-state index in [9.17, 15) is 0 Å². The molecule has 142 valence electrons. The van der Waals surface area contributed by atoms with Crippen LogP contribution in [-0.4, -0.2) is 0 Å². The molecular weight excluding hydrogens is 362 g/mol. The molecule has 6 aromatic rings. The van der Waals surface area contributed by atoms with E-state index in [-0.39, 0.29) is 0 Å². The maximum absolute atomic E-state index is 2.37. The zero-order valence-corrected chi connectivity index (χ0v) is 16.8. The topological polar surface area (TPSA) is 3.24 Å². The Morgan fingerprint density at radius 2 is 1.07 bits per heavy atom. The molecule has 6 aromatic carbocycles. The van der Waals surface area contributed by atoms with Gasteiger partial charge in [0, 0.05) is 16.8 Å². The molecule has 0 aliphatic rings. The van der Waals surface area contributed by atoms with E-state index in [1.807, 2.05) is 0 Å². The Balaban J connectivity index is 1.71. The fourth-order valence-corrected chi connectivity index (χ4v) is 4.61. The van der Waals surface area contributed by atoms with Crippen LogP contribution < -0.4 is 4.90 Å². The Morgan fingerprint density at radius 1 is 0.467 bits per heavy atom. The number of nitrogens with zero attached hydrogens (tertiary/aromatic N) is 1. The Hall–Kier alpha value is -3.84. The van der Waals surface area contributed by atoms with E-state index in [2.05, 4.69) is 121 Å². The molecule has 1 heteroatoms. The molecule has 0 saturated heterocycles. The van der Waals surface area contributed by atoms with Gasteiger partial charge in [-0.05, 0) is 64.2 Å². The van der Waals surface area contributed by atoms with Crippen molar-refractivity contribution in [2.24, 2.45) is 0 Å². The standard InChI is InChI=1S/C29H21N/c1-20-10-16-25(17-11-20)30(24-8-3-2-4-9-24)27-19-15-23-13-12-21-6-5-7-22-14-18-26(27)29(23)28(21)22/h2-19H,1H3. The summed E-state index contributed by atoms with van der Waals surface area (Å²) in [4.78, 5) is 2.37. The van der Waals surface area contributed by atoms with Gasteiger partial charge in [0.2, 0.25) is 0 Å². The second-order valence-electron chi connectivity index (χ2n) is 7.95. The minimum absolute atomic E-state index is 1.16. The molecule has 0 atom stereocenters. The molecule has 0 aromatic heterocycles. The first-order valence-electron chi connectivity index (χ1n) is 10.4. The molecule has 0 unspecified atom stereocenters. The SMILES string of the molecule is Cc1ccc(N(c2ccccc2)c2ccc3ccc4cccc5ccc2c3c45)cc1. The molecule has 0 amide bonds. The lowest BCUT2D eigenvalue weighted by molar-refractivity contribution is 1.29. The largest absolute Gasteiger partial charge is 0.310 e. The summed E-state index contributed by atoms with van der Waals surface area (Å²) in [5, 5.41) is 7.85. The van der Waals surface area contributed by atoms with Crippen LogP contribution in [0.2, 0.25) is 0 Å². The highest BCUT2D eigenvalue weighted by atomic mass is 15.1. The summed E-state index contributed by atoms with van der Waals surface area (Å²) in [7, 11) is 0. The molecule has 0 saturated carbocycles. The van der Waals surface area contributed by atoms with Crippen LogP contribution in [0, 0.1) is 6.92 Å². The van der Waals surface area contributed by atoms with Gasteiger partial charge in [-0.25, -0.2) is 0 Å². The highest BCUT2D eigenvalue weighted by Gasteiger charge is 2.17. The summed E-state index contributed by atoms with van der Waals surface area (Å²) < 4.78 is 0. The van der Waals surface area contributed by atoms with Gasteiger partial charge in [0.25, 0.3) is 0 Å². The van der Waals surface area contributed by atoms with Gasteiger partial charge < -0.3 is 4.90 Å². The number of anilines is 3. The van der Waals surface area contributed by atoms with Crippen LogP contribution in [0.25, 0.3) is 32.3 Å². The molecule has 6 rings (SSSR count). The third kappa shape index (κ3) is 2.56. The van der Waals surface area contributed by atoms with Gasteiger partial charge >= 0.3 is 0 Å². The molecule has 30 heavy (non-hydrogen) atoms. The molecule has 0 bridgehead atoms. The average molecular weight is 383 g/mol. The minimum Gasteiger partial charge on any atom is -0.310 e. The molecule has 0 fully saturated rings. The van der Waals surface area contributed by atoms with Crippen LogP contribution in [0.15, 0.2) is 109 Å². The summed E-state index contributed by atoms with van der Waals surface area (Å²) in [5.41, 5.74) is 4.80. The monoisotopic (exact) mass is 383 g/mol. The van der Waals surface area contributed by atoms with E-state index < -0.39 is 0 Å². The van der Waals surface area contributed by atoms with E-state index in [1.165, 1.54) is 49.3 Å². The van der Waals surface area contributed by atoms with Crippen molar-refractivity contribution >= 4 is 49.4 Å². The first-order valence-corrected chi connectivity index (χ1v) is 10.4. The first kappa shape index (κ1) is 17.1. The van der Waals surface area contributed by atoms with Gasteiger partial charge in [0.1, 0.15) is 0 Å². The lowest BCUT2D eigenvalue weighted by atomic mass is 9.93. The van der Waals surface area contributed by atoms with Crippen molar-refractivity contribution in [1.29, 1.82) is 0 Å². The van der Waals surface area contributed by atoms with E-state index >= 15 is 0 Å². The fraction of sp³-hybridized carbons (Fsp3) is 0.0345. The van der Waals surface area contributed by atoms with E-state index in [1.54, 1.807) is 0 Å². The van der Waals surface area contributed by atoms with Gasteiger partial charge in [-0.2, -0.15) is 0 Å². The van der Waals surface area contributed by atoms with Crippen molar-refractivity contribution in [3.05, 3.63) is 115 Å². The average Bonchev–Trinajstić information content (AvgIpc) is 2.80.